The Morgan fingerprint density at radius 3 is 3.00 bits per heavy atom. The molecular weight excluding hydrogens is 182 g/mol. The van der Waals surface area contributed by atoms with Crippen molar-refractivity contribution in [3.63, 3.8) is 0 Å². The summed E-state index contributed by atoms with van der Waals surface area (Å²) in [5, 5.41) is 0.770. The summed E-state index contributed by atoms with van der Waals surface area (Å²) < 4.78 is 6.58. The summed E-state index contributed by atoms with van der Waals surface area (Å²) in [6.45, 7) is 4.74. The third-order valence-electron chi connectivity index (χ3n) is 1.86. The van der Waals surface area contributed by atoms with Crippen LogP contribution in [0.15, 0.2) is 18.2 Å². The summed E-state index contributed by atoms with van der Waals surface area (Å²) in [5.41, 5.74) is 2.30. The maximum absolute atomic E-state index is 5.35. The molecule has 2 aromatic rings. The van der Waals surface area contributed by atoms with Gasteiger partial charge in [-0.3, -0.25) is 0 Å². The van der Waals surface area contributed by atoms with Crippen LogP contribution in [0.4, 0.5) is 0 Å². The van der Waals surface area contributed by atoms with Gasteiger partial charge in [-0.2, -0.15) is 0 Å². The summed E-state index contributed by atoms with van der Waals surface area (Å²) in [6.07, 6.45) is 0. The fraction of sp³-hybridized carbons (Fsp3) is 0.300. The monoisotopic (exact) mass is 193 g/mol. The Kier molecular flexibility index (Phi) is 2.19. The fourth-order valence-corrected chi connectivity index (χ4v) is 2.19. The molecule has 68 valence electrons. The number of aromatic nitrogens is 1. The van der Waals surface area contributed by atoms with Gasteiger partial charge >= 0.3 is 0 Å². The van der Waals surface area contributed by atoms with Crippen LogP contribution in [0.5, 0.6) is 5.19 Å². The summed E-state index contributed by atoms with van der Waals surface area (Å²) in [7, 11) is 0. The molecule has 0 N–H and O–H groups in total. The number of ether oxygens (including phenoxy) is 1. The Morgan fingerprint density at radius 2 is 2.31 bits per heavy atom. The molecule has 13 heavy (non-hydrogen) atoms. The van der Waals surface area contributed by atoms with Crippen molar-refractivity contribution in [2.24, 2.45) is 0 Å². The minimum Gasteiger partial charge on any atom is -0.470 e. The van der Waals surface area contributed by atoms with E-state index in [-0.39, 0.29) is 0 Å². The van der Waals surface area contributed by atoms with E-state index in [0.717, 1.165) is 10.7 Å². The molecule has 1 aromatic heterocycles. The van der Waals surface area contributed by atoms with Gasteiger partial charge < -0.3 is 4.74 Å². The highest BCUT2D eigenvalue weighted by Crippen LogP contribution is 2.29. The molecule has 1 aromatic carbocycles. The van der Waals surface area contributed by atoms with Crippen molar-refractivity contribution in [2.45, 2.75) is 13.8 Å². The first-order valence-corrected chi connectivity index (χ1v) is 5.12. The highest BCUT2D eigenvalue weighted by Gasteiger charge is 2.04. The molecule has 0 radical (unpaired) electrons. The van der Waals surface area contributed by atoms with Crippen LogP contribution in [0.1, 0.15) is 12.5 Å². The maximum atomic E-state index is 5.35. The van der Waals surface area contributed by atoms with E-state index in [1.54, 1.807) is 11.3 Å². The van der Waals surface area contributed by atoms with Gasteiger partial charge in [-0.05, 0) is 25.5 Å². The third kappa shape index (κ3) is 1.52. The minimum atomic E-state index is 0.679. The van der Waals surface area contributed by atoms with Crippen LogP contribution in [-0.2, 0) is 0 Å². The molecule has 0 atom stereocenters. The zero-order chi connectivity index (χ0) is 9.26. The average molecular weight is 193 g/mol. The van der Waals surface area contributed by atoms with Crippen LogP contribution < -0.4 is 4.74 Å². The molecule has 3 heteroatoms. The standard InChI is InChI=1S/C10H11NOS/c1-3-12-10-11-8-6-4-5-7(2)9(8)13-10/h4-6H,3H2,1-2H3. The van der Waals surface area contributed by atoms with E-state index in [1.165, 1.54) is 10.3 Å². The van der Waals surface area contributed by atoms with Crippen LogP contribution in [0, 0.1) is 6.92 Å². The van der Waals surface area contributed by atoms with Crippen LogP contribution in [0.25, 0.3) is 10.2 Å². The molecule has 2 nitrogen and oxygen atoms in total. The van der Waals surface area contributed by atoms with Crippen LogP contribution in [0.3, 0.4) is 0 Å². The van der Waals surface area contributed by atoms with Crippen molar-refractivity contribution in [3.8, 4) is 5.19 Å². The highest BCUT2D eigenvalue weighted by atomic mass is 32.1. The highest BCUT2D eigenvalue weighted by molar-refractivity contribution is 7.20. The smallest absolute Gasteiger partial charge is 0.274 e. The van der Waals surface area contributed by atoms with Gasteiger partial charge in [0.15, 0.2) is 0 Å². The third-order valence-corrected chi connectivity index (χ3v) is 2.98. The normalized spacial score (nSPS) is 10.6. The van der Waals surface area contributed by atoms with E-state index in [4.69, 9.17) is 4.74 Å². The Morgan fingerprint density at radius 1 is 1.46 bits per heavy atom. The first-order chi connectivity index (χ1) is 6.31. The summed E-state index contributed by atoms with van der Waals surface area (Å²) in [4.78, 5) is 4.36. The molecule has 0 bridgehead atoms. The lowest BCUT2D eigenvalue weighted by Gasteiger charge is -1.92. The number of hydrogen-bond donors (Lipinski definition) is 0. The predicted molar refractivity (Wildman–Crippen MR) is 55.5 cm³/mol. The quantitative estimate of drug-likeness (QED) is 0.731. The lowest BCUT2D eigenvalue weighted by Crippen LogP contribution is -1.88. The maximum Gasteiger partial charge on any atom is 0.274 e. The van der Waals surface area contributed by atoms with E-state index in [9.17, 15) is 0 Å². The minimum absolute atomic E-state index is 0.679. The lowest BCUT2D eigenvalue weighted by molar-refractivity contribution is 0.339. The molecule has 0 aliphatic heterocycles. The topological polar surface area (TPSA) is 22.1 Å². The van der Waals surface area contributed by atoms with E-state index >= 15 is 0 Å². The number of nitrogens with zero attached hydrogens (tertiary/aromatic N) is 1. The largest absolute Gasteiger partial charge is 0.470 e. The Labute approximate surface area is 81.2 Å². The van der Waals surface area contributed by atoms with Gasteiger partial charge in [-0.1, -0.05) is 23.5 Å². The van der Waals surface area contributed by atoms with Gasteiger partial charge in [-0.15, -0.1) is 0 Å². The molecule has 0 unspecified atom stereocenters. The number of benzene rings is 1. The van der Waals surface area contributed by atoms with Gasteiger partial charge in [0.05, 0.1) is 16.8 Å². The molecule has 0 saturated carbocycles. The Hall–Kier alpha value is -1.09. The molecule has 1 heterocycles. The summed E-state index contributed by atoms with van der Waals surface area (Å²) in [6, 6.07) is 6.13. The zero-order valence-corrected chi connectivity index (χ0v) is 8.52. The second kappa shape index (κ2) is 3.34. The van der Waals surface area contributed by atoms with Crippen molar-refractivity contribution in [1.29, 1.82) is 0 Å². The number of rotatable bonds is 2. The SMILES string of the molecule is CCOc1nc2cccc(C)c2s1. The Balaban J connectivity index is 2.55. The van der Waals surface area contributed by atoms with Crippen LogP contribution >= 0.6 is 11.3 Å². The summed E-state index contributed by atoms with van der Waals surface area (Å²) >= 11 is 1.62. The second-order valence-corrected chi connectivity index (χ2v) is 3.80. The molecule has 2 rings (SSSR count). The van der Waals surface area contributed by atoms with Crippen molar-refractivity contribution in [1.82, 2.24) is 4.98 Å². The van der Waals surface area contributed by atoms with E-state index < -0.39 is 0 Å². The van der Waals surface area contributed by atoms with Gasteiger partial charge in [0.25, 0.3) is 5.19 Å². The zero-order valence-electron chi connectivity index (χ0n) is 7.70. The molecular formula is C10H11NOS. The van der Waals surface area contributed by atoms with Gasteiger partial charge in [0.2, 0.25) is 0 Å². The van der Waals surface area contributed by atoms with Gasteiger partial charge in [-0.25, -0.2) is 4.98 Å². The van der Waals surface area contributed by atoms with E-state index in [1.807, 2.05) is 19.1 Å². The van der Waals surface area contributed by atoms with Crippen molar-refractivity contribution >= 4 is 21.6 Å². The van der Waals surface area contributed by atoms with Crippen LogP contribution in [0.2, 0.25) is 0 Å². The number of thiazole rings is 1. The van der Waals surface area contributed by atoms with Crippen molar-refractivity contribution in [2.75, 3.05) is 6.61 Å². The van der Waals surface area contributed by atoms with E-state index in [2.05, 4.69) is 18.0 Å². The van der Waals surface area contributed by atoms with Crippen molar-refractivity contribution < 1.29 is 4.74 Å². The average Bonchev–Trinajstić information content (AvgIpc) is 2.49. The Bertz CT molecular complexity index is 422. The molecule has 0 aliphatic rings. The van der Waals surface area contributed by atoms with E-state index in [0.29, 0.717) is 6.61 Å². The molecule has 0 spiro atoms. The number of fused-ring (bicyclic) bond motifs is 1. The lowest BCUT2D eigenvalue weighted by atomic mass is 10.2. The molecule has 0 saturated heterocycles. The van der Waals surface area contributed by atoms with Crippen molar-refractivity contribution in [3.05, 3.63) is 23.8 Å². The first-order valence-electron chi connectivity index (χ1n) is 4.30. The molecule has 0 aliphatic carbocycles. The first kappa shape index (κ1) is 8.51. The number of hydrogen-bond acceptors (Lipinski definition) is 3. The van der Waals surface area contributed by atoms with Crippen LogP contribution in [-0.4, -0.2) is 11.6 Å². The fourth-order valence-electron chi connectivity index (χ4n) is 1.25. The van der Waals surface area contributed by atoms with Gasteiger partial charge in [0.1, 0.15) is 0 Å². The summed E-state index contributed by atoms with van der Waals surface area (Å²) in [5.74, 6) is 0. The van der Waals surface area contributed by atoms with Gasteiger partial charge in [0, 0.05) is 0 Å². The second-order valence-electron chi connectivity index (χ2n) is 2.84. The molecule has 0 amide bonds. The number of aryl methyl sites for hydroxylation is 1. The molecule has 0 fully saturated rings. The predicted octanol–water partition coefficient (Wildman–Crippen LogP) is 3.00.